The van der Waals surface area contributed by atoms with Gasteiger partial charge in [-0.15, -0.1) is 0 Å². The van der Waals surface area contributed by atoms with Crippen LogP contribution in [0.15, 0.2) is 47.1 Å². The van der Waals surface area contributed by atoms with Crippen molar-refractivity contribution in [3.63, 3.8) is 0 Å². The van der Waals surface area contributed by atoms with Gasteiger partial charge in [-0.25, -0.2) is 0 Å². The zero-order valence-corrected chi connectivity index (χ0v) is 16.2. The number of furan rings is 1. The van der Waals surface area contributed by atoms with Crippen LogP contribution in [0, 0.1) is 6.92 Å². The Balaban J connectivity index is 1.61. The van der Waals surface area contributed by atoms with Gasteiger partial charge in [0.15, 0.2) is 6.10 Å². The summed E-state index contributed by atoms with van der Waals surface area (Å²) in [6.45, 7) is 3.46. The maximum Gasteiger partial charge on any atom is 0.311 e. The van der Waals surface area contributed by atoms with Crippen LogP contribution in [0.5, 0.6) is 0 Å². The largest absolute Gasteiger partial charge is 0.464 e. The van der Waals surface area contributed by atoms with Gasteiger partial charge in [0.25, 0.3) is 5.91 Å². The van der Waals surface area contributed by atoms with E-state index in [9.17, 15) is 9.59 Å². The minimum absolute atomic E-state index is 0.00931. The quantitative estimate of drug-likeness (QED) is 0.595. The van der Waals surface area contributed by atoms with Gasteiger partial charge in [-0.1, -0.05) is 35.3 Å². The Kier molecular flexibility index (Phi) is 5.73. The number of esters is 1. The van der Waals surface area contributed by atoms with E-state index in [1.54, 1.807) is 12.1 Å². The molecule has 0 bridgehead atoms. The fourth-order valence-electron chi connectivity index (χ4n) is 2.60. The smallest absolute Gasteiger partial charge is 0.311 e. The summed E-state index contributed by atoms with van der Waals surface area (Å²) in [6, 6.07) is 10.4. The molecular weight excluding hydrogens is 389 g/mol. The molecule has 3 aromatic rings. The van der Waals surface area contributed by atoms with Gasteiger partial charge in [-0.3, -0.25) is 9.59 Å². The lowest BCUT2D eigenvalue weighted by Crippen LogP contribution is -2.30. The van der Waals surface area contributed by atoms with Crippen LogP contribution in [0.1, 0.15) is 18.1 Å². The van der Waals surface area contributed by atoms with Gasteiger partial charge in [-0.2, -0.15) is 0 Å². The summed E-state index contributed by atoms with van der Waals surface area (Å²) in [6.07, 6.45) is 0.559. The molecule has 0 aliphatic carbocycles. The van der Waals surface area contributed by atoms with E-state index in [2.05, 4.69) is 5.32 Å². The second-order valence-electron chi connectivity index (χ2n) is 6.18. The minimum atomic E-state index is -0.982. The second-order valence-corrected chi connectivity index (χ2v) is 7.03. The van der Waals surface area contributed by atoms with Crippen molar-refractivity contribution in [3.8, 4) is 0 Å². The standard InChI is InChI=1S/C20H17Cl2NO4/c1-11-3-5-15-13(10-26-18(15)7-11)8-19(24)27-12(2)20(25)23-17-6-4-14(21)9-16(17)22/h3-7,9-10,12H,8H2,1-2H3,(H,23,25)/t12-/m0/s1. The molecule has 0 radical (unpaired) electrons. The van der Waals surface area contributed by atoms with E-state index in [4.69, 9.17) is 32.4 Å². The van der Waals surface area contributed by atoms with Crippen LogP contribution in [-0.2, 0) is 20.7 Å². The lowest BCUT2D eigenvalue weighted by atomic mass is 10.1. The van der Waals surface area contributed by atoms with Crippen molar-refractivity contribution in [2.45, 2.75) is 26.4 Å². The average Bonchev–Trinajstić information content (AvgIpc) is 2.98. The molecule has 7 heteroatoms. The second kappa shape index (κ2) is 8.03. The van der Waals surface area contributed by atoms with Crippen LogP contribution in [0.3, 0.4) is 0 Å². The van der Waals surface area contributed by atoms with E-state index in [-0.39, 0.29) is 6.42 Å². The molecule has 0 aliphatic heterocycles. The summed E-state index contributed by atoms with van der Waals surface area (Å²) in [4.78, 5) is 24.5. The summed E-state index contributed by atoms with van der Waals surface area (Å²) in [5, 5.41) is 4.22. The number of rotatable bonds is 5. The molecule has 2 aromatic carbocycles. The monoisotopic (exact) mass is 405 g/mol. The van der Waals surface area contributed by atoms with Crippen LogP contribution in [-0.4, -0.2) is 18.0 Å². The fraction of sp³-hybridized carbons (Fsp3) is 0.200. The van der Waals surface area contributed by atoms with Gasteiger partial charge < -0.3 is 14.5 Å². The Bertz CT molecular complexity index is 1010. The highest BCUT2D eigenvalue weighted by Crippen LogP contribution is 2.26. The molecule has 5 nitrogen and oxygen atoms in total. The van der Waals surface area contributed by atoms with E-state index < -0.39 is 18.0 Å². The van der Waals surface area contributed by atoms with Crippen LogP contribution in [0.4, 0.5) is 5.69 Å². The summed E-state index contributed by atoms with van der Waals surface area (Å²) in [5.74, 6) is -1.01. The lowest BCUT2D eigenvalue weighted by Gasteiger charge is -2.14. The molecule has 0 saturated heterocycles. The number of hydrogen-bond acceptors (Lipinski definition) is 4. The Morgan fingerprint density at radius 1 is 1.19 bits per heavy atom. The van der Waals surface area contributed by atoms with Gasteiger partial charge in [0.2, 0.25) is 0 Å². The Morgan fingerprint density at radius 3 is 2.70 bits per heavy atom. The molecule has 1 aromatic heterocycles. The van der Waals surface area contributed by atoms with Crippen molar-refractivity contribution in [1.82, 2.24) is 0 Å². The van der Waals surface area contributed by atoms with Gasteiger partial charge in [0.1, 0.15) is 5.58 Å². The third-order valence-electron chi connectivity index (χ3n) is 4.01. The van der Waals surface area contributed by atoms with E-state index in [0.717, 1.165) is 10.9 Å². The average molecular weight is 406 g/mol. The molecule has 0 spiro atoms. The molecule has 1 N–H and O–H groups in total. The summed E-state index contributed by atoms with van der Waals surface area (Å²) >= 11 is 11.9. The highest BCUT2D eigenvalue weighted by atomic mass is 35.5. The first-order valence-electron chi connectivity index (χ1n) is 8.25. The van der Waals surface area contributed by atoms with Gasteiger partial charge in [-0.05, 0) is 43.7 Å². The van der Waals surface area contributed by atoms with Gasteiger partial charge >= 0.3 is 5.97 Å². The third kappa shape index (κ3) is 4.62. The van der Waals surface area contributed by atoms with Crippen molar-refractivity contribution < 1.29 is 18.7 Å². The highest BCUT2D eigenvalue weighted by Gasteiger charge is 2.20. The number of anilines is 1. The van der Waals surface area contributed by atoms with Crippen LogP contribution >= 0.6 is 23.2 Å². The number of nitrogens with one attached hydrogen (secondary N) is 1. The number of benzene rings is 2. The number of fused-ring (bicyclic) bond motifs is 1. The Hall–Kier alpha value is -2.50. The van der Waals surface area contributed by atoms with E-state index >= 15 is 0 Å². The molecule has 0 saturated carbocycles. The summed E-state index contributed by atoms with van der Waals surface area (Å²) in [7, 11) is 0. The number of aryl methyl sites for hydroxylation is 1. The molecule has 1 atom stereocenters. The predicted octanol–water partition coefficient (Wildman–Crippen LogP) is 5.16. The first-order valence-corrected chi connectivity index (χ1v) is 9.01. The van der Waals surface area contributed by atoms with Crippen molar-refractivity contribution in [2.75, 3.05) is 5.32 Å². The van der Waals surface area contributed by atoms with Crippen LogP contribution in [0.25, 0.3) is 11.0 Å². The maximum atomic E-state index is 12.2. The Morgan fingerprint density at radius 2 is 1.96 bits per heavy atom. The normalized spacial score (nSPS) is 12.0. The first kappa shape index (κ1) is 19.3. The highest BCUT2D eigenvalue weighted by molar-refractivity contribution is 6.36. The lowest BCUT2D eigenvalue weighted by molar-refractivity contribution is -0.152. The first-order chi connectivity index (χ1) is 12.8. The van der Waals surface area contributed by atoms with Crippen molar-refractivity contribution in [3.05, 3.63) is 63.8 Å². The fourth-order valence-corrected chi connectivity index (χ4v) is 3.06. The van der Waals surface area contributed by atoms with Crippen molar-refractivity contribution in [1.29, 1.82) is 0 Å². The Labute approximate surface area is 166 Å². The van der Waals surface area contributed by atoms with Crippen LogP contribution < -0.4 is 5.32 Å². The number of carbonyl (C=O) groups is 2. The topological polar surface area (TPSA) is 68.5 Å². The number of hydrogen-bond donors (Lipinski definition) is 1. The maximum absolute atomic E-state index is 12.2. The third-order valence-corrected chi connectivity index (χ3v) is 4.56. The van der Waals surface area contributed by atoms with Gasteiger partial charge in [0.05, 0.1) is 23.4 Å². The zero-order valence-electron chi connectivity index (χ0n) is 14.7. The number of ether oxygens (including phenoxy) is 1. The van der Waals surface area contributed by atoms with Gasteiger partial charge in [0, 0.05) is 16.0 Å². The number of halogens is 2. The van der Waals surface area contributed by atoms with Crippen LogP contribution in [0.2, 0.25) is 10.0 Å². The van der Waals surface area contributed by atoms with E-state index in [0.29, 0.717) is 26.9 Å². The SMILES string of the molecule is Cc1ccc2c(CC(=O)O[C@@H](C)C(=O)Nc3ccc(Cl)cc3Cl)coc2c1. The summed E-state index contributed by atoms with van der Waals surface area (Å²) in [5.41, 5.74) is 2.88. The number of amides is 1. The van der Waals surface area contributed by atoms with E-state index in [1.165, 1.54) is 19.3 Å². The zero-order chi connectivity index (χ0) is 19.6. The molecule has 140 valence electrons. The summed E-state index contributed by atoms with van der Waals surface area (Å²) < 4.78 is 10.7. The van der Waals surface area contributed by atoms with Crippen molar-refractivity contribution >= 4 is 51.7 Å². The molecule has 0 aliphatic rings. The number of carbonyl (C=O) groups excluding carboxylic acids is 2. The van der Waals surface area contributed by atoms with Crippen molar-refractivity contribution in [2.24, 2.45) is 0 Å². The molecule has 27 heavy (non-hydrogen) atoms. The molecule has 3 rings (SSSR count). The predicted molar refractivity (Wildman–Crippen MR) is 105 cm³/mol. The molecule has 0 unspecified atom stereocenters. The molecular formula is C20H17Cl2NO4. The molecule has 1 heterocycles. The minimum Gasteiger partial charge on any atom is -0.464 e. The van der Waals surface area contributed by atoms with E-state index in [1.807, 2.05) is 25.1 Å². The molecule has 0 fully saturated rings. The molecule has 1 amide bonds.